The predicted octanol–water partition coefficient (Wildman–Crippen LogP) is 3.39. The third-order valence-corrected chi connectivity index (χ3v) is 3.03. The highest BCUT2D eigenvalue weighted by atomic mass is 16.5. The SMILES string of the molecule is COC(C)(C)CCOc1ccc(C)cc1C(C)=O. The molecule has 0 N–H and O–H groups in total. The molecule has 0 spiro atoms. The maximum Gasteiger partial charge on any atom is 0.163 e. The number of methoxy groups -OCH3 is 1. The molecule has 1 aromatic rings. The van der Waals surface area contributed by atoms with Crippen LogP contribution in [0.15, 0.2) is 18.2 Å². The van der Waals surface area contributed by atoms with Gasteiger partial charge in [0.05, 0.1) is 17.8 Å². The molecule has 0 saturated heterocycles. The van der Waals surface area contributed by atoms with Crippen molar-refractivity contribution in [1.29, 1.82) is 0 Å². The first-order valence-electron chi connectivity index (χ1n) is 6.15. The summed E-state index contributed by atoms with van der Waals surface area (Å²) in [4.78, 5) is 11.5. The number of benzene rings is 1. The molecule has 100 valence electrons. The summed E-state index contributed by atoms with van der Waals surface area (Å²) in [6.07, 6.45) is 0.773. The van der Waals surface area contributed by atoms with Crippen LogP contribution in [0.3, 0.4) is 0 Å². The van der Waals surface area contributed by atoms with Crippen LogP contribution < -0.4 is 4.74 Å². The Bertz CT molecular complexity index is 422. The van der Waals surface area contributed by atoms with Crippen LogP contribution in [0.1, 0.15) is 43.1 Å². The Kier molecular flexibility index (Phi) is 4.91. The lowest BCUT2D eigenvalue weighted by atomic mass is 10.1. The van der Waals surface area contributed by atoms with Crippen LogP contribution in [0.2, 0.25) is 0 Å². The van der Waals surface area contributed by atoms with Gasteiger partial charge < -0.3 is 9.47 Å². The van der Waals surface area contributed by atoms with Crippen LogP contribution in [0.25, 0.3) is 0 Å². The molecule has 0 saturated carbocycles. The number of rotatable bonds is 6. The second-order valence-corrected chi connectivity index (χ2v) is 5.12. The third-order valence-electron chi connectivity index (χ3n) is 3.03. The minimum atomic E-state index is -0.207. The molecule has 0 heterocycles. The topological polar surface area (TPSA) is 35.5 Å². The van der Waals surface area contributed by atoms with E-state index in [1.165, 1.54) is 0 Å². The van der Waals surface area contributed by atoms with Crippen LogP contribution in [-0.2, 0) is 4.74 Å². The van der Waals surface area contributed by atoms with E-state index in [9.17, 15) is 4.79 Å². The number of carbonyl (C=O) groups is 1. The molecule has 0 aliphatic rings. The molecule has 0 bridgehead atoms. The van der Waals surface area contributed by atoms with E-state index in [4.69, 9.17) is 9.47 Å². The lowest BCUT2D eigenvalue weighted by Crippen LogP contribution is -2.25. The van der Waals surface area contributed by atoms with E-state index < -0.39 is 0 Å². The summed E-state index contributed by atoms with van der Waals surface area (Å²) in [5.74, 6) is 0.680. The van der Waals surface area contributed by atoms with Crippen molar-refractivity contribution in [2.75, 3.05) is 13.7 Å². The van der Waals surface area contributed by atoms with Gasteiger partial charge in [0.2, 0.25) is 0 Å². The van der Waals surface area contributed by atoms with Crippen LogP contribution in [0.4, 0.5) is 0 Å². The highest BCUT2D eigenvalue weighted by molar-refractivity contribution is 5.97. The minimum Gasteiger partial charge on any atom is -0.493 e. The average molecular weight is 250 g/mol. The number of hydrogen-bond acceptors (Lipinski definition) is 3. The van der Waals surface area contributed by atoms with Gasteiger partial charge >= 0.3 is 0 Å². The summed E-state index contributed by atoms with van der Waals surface area (Å²) in [6.45, 7) is 8.07. The van der Waals surface area contributed by atoms with Gasteiger partial charge in [0.1, 0.15) is 5.75 Å². The molecule has 0 radical (unpaired) electrons. The van der Waals surface area contributed by atoms with Crippen LogP contribution in [0, 0.1) is 6.92 Å². The predicted molar refractivity (Wildman–Crippen MR) is 72.4 cm³/mol. The van der Waals surface area contributed by atoms with Crippen molar-refractivity contribution in [1.82, 2.24) is 0 Å². The van der Waals surface area contributed by atoms with E-state index in [1.807, 2.05) is 39.0 Å². The lowest BCUT2D eigenvalue weighted by molar-refractivity contribution is 0.00541. The van der Waals surface area contributed by atoms with E-state index in [-0.39, 0.29) is 11.4 Å². The highest BCUT2D eigenvalue weighted by Crippen LogP contribution is 2.22. The maximum atomic E-state index is 11.5. The van der Waals surface area contributed by atoms with Gasteiger partial charge in [-0.05, 0) is 39.8 Å². The number of ether oxygens (including phenoxy) is 2. The second-order valence-electron chi connectivity index (χ2n) is 5.12. The summed E-state index contributed by atoms with van der Waals surface area (Å²) in [5.41, 5.74) is 1.50. The fourth-order valence-corrected chi connectivity index (χ4v) is 1.55. The van der Waals surface area contributed by atoms with Gasteiger partial charge in [-0.2, -0.15) is 0 Å². The molecule has 0 unspecified atom stereocenters. The van der Waals surface area contributed by atoms with Crippen molar-refractivity contribution in [2.45, 2.75) is 39.7 Å². The van der Waals surface area contributed by atoms with Gasteiger partial charge in [0.15, 0.2) is 5.78 Å². The van der Waals surface area contributed by atoms with Gasteiger partial charge in [-0.3, -0.25) is 4.79 Å². The van der Waals surface area contributed by atoms with Gasteiger partial charge in [-0.25, -0.2) is 0 Å². The largest absolute Gasteiger partial charge is 0.493 e. The Morgan fingerprint density at radius 1 is 1.33 bits per heavy atom. The molecule has 0 atom stereocenters. The Morgan fingerprint density at radius 2 is 2.00 bits per heavy atom. The zero-order valence-electron chi connectivity index (χ0n) is 11.9. The summed E-state index contributed by atoms with van der Waals surface area (Å²) >= 11 is 0. The monoisotopic (exact) mass is 250 g/mol. The third kappa shape index (κ3) is 4.15. The summed E-state index contributed by atoms with van der Waals surface area (Å²) in [7, 11) is 1.69. The zero-order chi connectivity index (χ0) is 13.8. The van der Waals surface area contributed by atoms with Gasteiger partial charge in [0.25, 0.3) is 0 Å². The molecule has 1 rings (SSSR count). The van der Waals surface area contributed by atoms with Crippen molar-refractivity contribution in [2.24, 2.45) is 0 Å². The molecule has 3 nitrogen and oxygen atoms in total. The van der Waals surface area contributed by atoms with Crippen LogP contribution >= 0.6 is 0 Å². The quantitative estimate of drug-likeness (QED) is 0.726. The molecule has 3 heteroatoms. The molecule has 1 aromatic carbocycles. The summed E-state index contributed by atoms with van der Waals surface area (Å²) in [6, 6.07) is 5.66. The average Bonchev–Trinajstić information content (AvgIpc) is 2.30. The van der Waals surface area contributed by atoms with Crippen molar-refractivity contribution in [3.05, 3.63) is 29.3 Å². The number of hydrogen-bond donors (Lipinski definition) is 0. The Morgan fingerprint density at radius 3 is 2.56 bits per heavy atom. The van der Waals surface area contributed by atoms with Crippen molar-refractivity contribution < 1.29 is 14.3 Å². The second kappa shape index (κ2) is 6.01. The molecule has 0 amide bonds. The number of ketones is 1. The fourth-order valence-electron chi connectivity index (χ4n) is 1.55. The molecule has 18 heavy (non-hydrogen) atoms. The Hall–Kier alpha value is -1.35. The molecular weight excluding hydrogens is 228 g/mol. The summed E-state index contributed by atoms with van der Waals surface area (Å²) in [5, 5.41) is 0. The number of Topliss-reactive ketones (excluding diaryl/α,β-unsaturated/α-hetero) is 1. The van der Waals surface area contributed by atoms with Crippen LogP contribution in [0.5, 0.6) is 5.75 Å². The maximum absolute atomic E-state index is 11.5. The first-order chi connectivity index (χ1) is 8.35. The fraction of sp³-hybridized carbons (Fsp3) is 0.533. The summed E-state index contributed by atoms with van der Waals surface area (Å²) < 4.78 is 11.0. The zero-order valence-corrected chi connectivity index (χ0v) is 11.9. The highest BCUT2D eigenvalue weighted by Gasteiger charge is 2.17. The number of carbonyl (C=O) groups excluding carboxylic acids is 1. The van der Waals surface area contributed by atoms with Crippen LogP contribution in [-0.4, -0.2) is 25.1 Å². The first kappa shape index (κ1) is 14.7. The van der Waals surface area contributed by atoms with E-state index in [0.29, 0.717) is 17.9 Å². The van der Waals surface area contributed by atoms with E-state index in [1.54, 1.807) is 14.0 Å². The Labute approximate surface area is 109 Å². The molecule has 0 fully saturated rings. The van der Waals surface area contributed by atoms with E-state index in [0.717, 1.165) is 12.0 Å². The molecule has 0 aliphatic heterocycles. The van der Waals surface area contributed by atoms with E-state index >= 15 is 0 Å². The molecular formula is C15H22O3. The normalized spacial score (nSPS) is 11.4. The van der Waals surface area contributed by atoms with Crippen molar-refractivity contribution >= 4 is 5.78 Å². The lowest BCUT2D eigenvalue weighted by Gasteiger charge is -2.23. The molecule has 0 aromatic heterocycles. The minimum absolute atomic E-state index is 0.0275. The first-order valence-corrected chi connectivity index (χ1v) is 6.15. The van der Waals surface area contributed by atoms with Crippen molar-refractivity contribution in [3.8, 4) is 5.75 Å². The smallest absolute Gasteiger partial charge is 0.163 e. The molecule has 0 aliphatic carbocycles. The Balaban J connectivity index is 2.70. The van der Waals surface area contributed by atoms with Gasteiger partial charge in [0, 0.05) is 13.5 Å². The van der Waals surface area contributed by atoms with Gasteiger partial charge in [-0.1, -0.05) is 11.6 Å². The van der Waals surface area contributed by atoms with Crippen molar-refractivity contribution in [3.63, 3.8) is 0 Å². The number of aryl methyl sites for hydroxylation is 1. The van der Waals surface area contributed by atoms with Gasteiger partial charge in [-0.15, -0.1) is 0 Å². The van der Waals surface area contributed by atoms with E-state index in [2.05, 4.69) is 0 Å². The standard InChI is InChI=1S/C15H22O3/c1-11-6-7-14(13(10-11)12(2)16)18-9-8-15(3,4)17-5/h6-7,10H,8-9H2,1-5H3.